The Balaban J connectivity index is 1.05. The van der Waals surface area contributed by atoms with Gasteiger partial charge in [-0.05, 0) is 74.8 Å². The number of hydrogen-bond acceptors (Lipinski definition) is 5. The molecule has 2 unspecified atom stereocenters. The third kappa shape index (κ3) is 7.43. The highest BCUT2D eigenvalue weighted by molar-refractivity contribution is 5.99. The van der Waals surface area contributed by atoms with Crippen molar-refractivity contribution in [2.24, 2.45) is 5.92 Å². The number of benzene rings is 3. The Morgan fingerprint density at radius 2 is 1.44 bits per heavy atom. The normalized spacial score (nSPS) is 18.7. The first-order valence-electron chi connectivity index (χ1n) is 16.7. The molecule has 0 spiro atoms. The molecule has 4 amide bonds. The van der Waals surface area contributed by atoms with Gasteiger partial charge in [0.2, 0.25) is 0 Å². The first kappa shape index (κ1) is 32.9. The molecule has 10 nitrogen and oxygen atoms in total. The van der Waals surface area contributed by atoms with E-state index >= 15 is 0 Å². The molecular weight excluding hydrogens is 604 g/mol. The Hall–Kier alpha value is -4.99. The standard InChI is InChI=1S/C38H46N6O4/c1-24-7-13-29(14-8-24)44-35(23-34(42-44)38(2,3)4)41-36(45)39-27-11-9-25(10-12-27)17-26-18-30-15-16-31(19-26)43(30)37(46)40-28-20-32(47-5)22-33(21-28)48-6/h7-14,20-23,26,30-31H,15-19H2,1-6H3,(H,40,46)(H2,39,41,45). The summed E-state index contributed by atoms with van der Waals surface area (Å²) in [6.45, 7) is 8.36. The smallest absolute Gasteiger partial charge is 0.324 e. The molecule has 2 saturated heterocycles. The molecule has 2 bridgehead atoms. The number of fused-ring (bicyclic) bond motifs is 2. The third-order valence-electron chi connectivity index (χ3n) is 9.40. The van der Waals surface area contributed by atoms with Crippen molar-refractivity contribution in [1.29, 1.82) is 0 Å². The van der Waals surface area contributed by atoms with Gasteiger partial charge in [0.1, 0.15) is 17.3 Å². The molecule has 2 atom stereocenters. The number of anilines is 3. The Morgan fingerprint density at radius 3 is 2.02 bits per heavy atom. The number of carbonyl (C=O) groups is 2. The molecule has 3 heterocycles. The number of amides is 4. The molecule has 0 aliphatic carbocycles. The van der Waals surface area contributed by atoms with Gasteiger partial charge in [0.05, 0.1) is 25.6 Å². The van der Waals surface area contributed by atoms with Crippen LogP contribution in [0, 0.1) is 12.8 Å². The van der Waals surface area contributed by atoms with E-state index in [9.17, 15) is 9.59 Å². The van der Waals surface area contributed by atoms with Crippen molar-refractivity contribution < 1.29 is 19.1 Å². The lowest BCUT2D eigenvalue weighted by Crippen LogP contribution is -2.48. The van der Waals surface area contributed by atoms with Crippen LogP contribution < -0.4 is 25.4 Å². The second kappa shape index (κ2) is 13.6. The molecule has 1 aromatic heterocycles. The molecule has 252 valence electrons. The van der Waals surface area contributed by atoms with Crippen LogP contribution >= 0.6 is 0 Å². The van der Waals surface area contributed by atoms with Crippen molar-refractivity contribution in [3.05, 3.63) is 89.6 Å². The van der Waals surface area contributed by atoms with E-state index in [0.717, 1.165) is 54.7 Å². The zero-order chi connectivity index (χ0) is 34.0. The lowest BCUT2D eigenvalue weighted by atomic mass is 9.86. The van der Waals surface area contributed by atoms with E-state index in [2.05, 4.69) is 48.9 Å². The number of hydrogen-bond donors (Lipinski definition) is 3. The van der Waals surface area contributed by atoms with E-state index in [1.165, 1.54) is 5.56 Å². The summed E-state index contributed by atoms with van der Waals surface area (Å²) in [4.78, 5) is 28.5. The van der Waals surface area contributed by atoms with Crippen molar-refractivity contribution in [2.75, 3.05) is 30.2 Å². The monoisotopic (exact) mass is 650 g/mol. The molecule has 3 aromatic carbocycles. The summed E-state index contributed by atoms with van der Waals surface area (Å²) in [6.07, 6.45) is 4.92. The molecule has 6 rings (SSSR count). The Morgan fingerprint density at radius 1 is 0.812 bits per heavy atom. The number of urea groups is 2. The van der Waals surface area contributed by atoms with Crippen LogP contribution in [0.1, 0.15) is 63.3 Å². The van der Waals surface area contributed by atoms with Crippen LogP contribution in [0.5, 0.6) is 11.5 Å². The average Bonchev–Trinajstić information content (AvgIpc) is 3.60. The number of aromatic nitrogens is 2. The van der Waals surface area contributed by atoms with Gasteiger partial charge in [-0.3, -0.25) is 5.32 Å². The van der Waals surface area contributed by atoms with Gasteiger partial charge < -0.3 is 25.0 Å². The van der Waals surface area contributed by atoms with Crippen LogP contribution in [0.15, 0.2) is 72.8 Å². The lowest BCUT2D eigenvalue weighted by molar-refractivity contribution is 0.131. The van der Waals surface area contributed by atoms with Gasteiger partial charge in [0.15, 0.2) is 0 Å². The highest BCUT2D eigenvalue weighted by atomic mass is 16.5. The van der Waals surface area contributed by atoms with E-state index in [-0.39, 0.29) is 29.6 Å². The van der Waals surface area contributed by atoms with Gasteiger partial charge in [0, 0.05) is 53.1 Å². The van der Waals surface area contributed by atoms with Gasteiger partial charge in [-0.2, -0.15) is 5.10 Å². The molecule has 2 aliphatic rings. The summed E-state index contributed by atoms with van der Waals surface area (Å²) < 4.78 is 12.5. The first-order chi connectivity index (χ1) is 23.0. The summed E-state index contributed by atoms with van der Waals surface area (Å²) in [5, 5.41) is 13.9. The van der Waals surface area contributed by atoms with Gasteiger partial charge in [-0.15, -0.1) is 0 Å². The minimum Gasteiger partial charge on any atom is -0.497 e. The quantitative estimate of drug-likeness (QED) is 0.178. The van der Waals surface area contributed by atoms with E-state index in [4.69, 9.17) is 14.6 Å². The lowest BCUT2D eigenvalue weighted by Gasteiger charge is -2.39. The number of piperidine rings is 1. The summed E-state index contributed by atoms with van der Waals surface area (Å²) in [6, 6.07) is 23.5. The van der Waals surface area contributed by atoms with Crippen molar-refractivity contribution in [2.45, 2.75) is 77.3 Å². The second-order valence-electron chi connectivity index (χ2n) is 14.1. The molecule has 0 saturated carbocycles. The van der Waals surface area contributed by atoms with E-state index in [1.54, 1.807) is 37.1 Å². The molecule has 3 N–H and O–H groups in total. The SMILES string of the molecule is COc1cc(NC(=O)N2C3CCC2CC(Cc2ccc(NC(=O)Nc4cc(C(C)(C)C)nn4-c4ccc(C)cc4)cc2)C3)cc(OC)c1. The fourth-order valence-corrected chi connectivity index (χ4v) is 6.91. The van der Waals surface area contributed by atoms with Crippen LogP contribution in [0.4, 0.5) is 26.8 Å². The van der Waals surface area contributed by atoms with Crippen molar-refractivity contribution in [3.63, 3.8) is 0 Å². The van der Waals surface area contributed by atoms with Crippen molar-refractivity contribution in [3.8, 4) is 17.2 Å². The number of nitrogens with one attached hydrogen (secondary N) is 3. The zero-order valence-electron chi connectivity index (χ0n) is 28.7. The third-order valence-corrected chi connectivity index (χ3v) is 9.40. The highest BCUT2D eigenvalue weighted by Gasteiger charge is 2.43. The van der Waals surface area contributed by atoms with Crippen LogP contribution in [0.3, 0.4) is 0 Å². The predicted molar refractivity (Wildman–Crippen MR) is 190 cm³/mol. The number of ether oxygens (including phenoxy) is 2. The summed E-state index contributed by atoms with van der Waals surface area (Å²) in [7, 11) is 3.19. The predicted octanol–water partition coefficient (Wildman–Crippen LogP) is 8.16. The van der Waals surface area contributed by atoms with Gasteiger partial charge in [0.25, 0.3) is 0 Å². The fourth-order valence-electron chi connectivity index (χ4n) is 6.91. The topological polar surface area (TPSA) is 110 Å². The van der Waals surface area contributed by atoms with Gasteiger partial charge >= 0.3 is 12.1 Å². The van der Waals surface area contributed by atoms with Crippen LogP contribution in [0.2, 0.25) is 0 Å². The Labute approximate surface area is 282 Å². The van der Waals surface area contributed by atoms with Crippen LogP contribution in [-0.4, -0.2) is 53.0 Å². The van der Waals surface area contributed by atoms with Crippen LogP contribution in [0.25, 0.3) is 5.69 Å². The van der Waals surface area contributed by atoms with Crippen molar-refractivity contribution in [1.82, 2.24) is 14.7 Å². The van der Waals surface area contributed by atoms with E-state index < -0.39 is 0 Å². The Bertz CT molecular complexity index is 1720. The Kier molecular flexibility index (Phi) is 9.35. The molecule has 48 heavy (non-hydrogen) atoms. The molecule has 0 radical (unpaired) electrons. The maximum Gasteiger partial charge on any atom is 0.324 e. The largest absolute Gasteiger partial charge is 0.497 e. The summed E-state index contributed by atoms with van der Waals surface area (Å²) >= 11 is 0. The maximum absolute atomic E-state index is 13.4. The number of rotatable bonds is 8. The van der Waals surface area contributed by atoms with Crippen molar-refractivity contribution >= 4 is 29.3 Å². The fraction of sp³-hybridized carbons (Fsp3) is 0.395. The number of aryl methyl sites for hydroxylation is 1. The number of nitrogens with zero attached hydrogens (tertiary/aromatic N) is 3. The summed E-state index contributed by atoms with van der Waals surface area (Å²) in [5.41, 5.74) is 5.35. The summed E-state index contributed by atoms with van der Waals surface area (Å²) in [5.74, 6) is 2.36. The second-order valence-corrected chi connectivity index (χ2v) is 14.1. The minimum absolute atomic E-state index is 0.0680. The van der Waals surface area contributed by atoms with Crippen LogP contribution in [-0.2, 0) is 11.8 Å². The highest BCUT2D eigenvalue weighted by Crippen LogP contribution is 2.40. The van der Waals surface area contributed by atoms with E-state index in [1.807, 2.05) is 54.3 Å². The average molecular weight is 651 g/mol. The van der Waals surface area contributed by atoms with Gasteiger partial charge in [-0.25, -0.2) is 14.3 Å². The molecular formula is C38H46N6O4. The van der Waals surface area contributed by atoms with Gasteiger partial charge in [-0.1, -0.05) is 50.6 Å². The molecule has 2 fully saturated rings. The number of methoxy groups -OCH3 is 2. The zero-order valence-corrected chi connectivity index (χ0v) is 28.7. The molecule has 10 heteroatoms. The molecule has 4 aromatic rings. The maximum atomic E-state index is 13.4. The molecule has 2 aliphatic heterocycles. The number of carbonyl (C=O) groups excluding carboxylic acids is 2. The van der Waals surface area contributed by atoms with E-state index in [0.29, 0.717) is 28.9 Å². The first-order valence-corrected chi connectivity index (χ1v) is 16.7. The minimum atomic E-state index is -0.328.